The van der Waals surface area contributed by atoms with E-state index in [1.807, 2.05) is 26.0 Å². The standard InChI is InChI=1S/C16H20ClNO2/c1-11-7-8-12(2)14-13(11)15(19)16(20)18(14)10-6-4-3-5-9-17/h7-8H,3-6,9-10H2,1-2H3. The highest BCUT2D eigenvalue weighted by molar-refractivity contribution is 6.52. The molecule has 0 spiro atoms. The van der Waals surface area contributed by atoms with Gasteiger partial charge in [0.25, 0.3) is 11.7 Å². The second-order valence-corrected chi connectivity index (χ2v) is 5.69. The van der Waals surface area contributed by atoms with Gasteiger partial charge in [-0.25, -0.2) is 0 Å². The molecule has 1 amide bonds. The second-order valence-electron chi connectivity index (χ2n) is 5.31. The molecule has 4 heteroatoms. The number of rotatable bonds is 6. The number of benzene rings is 1. The van der Waals surface area contributed by atoms with Crippen LogP contribution in [0.4, 0.5) is 5.69 Å². The average molecular weight is 294 g/mol. The SMILES string of the molecule is Cc1ccc(C)c2c1C(=O)C(=O)N2CCCCCCCl. The van der Waals surface area contributed by atoms with Crippen LogP contribution in [0.1, 0.15) is 47.2 Å². The molecule has 0 radical (unpaired) electrons. The van der Waals surface area contributed by atoms with Gasteiger partial charge in [-0.1, -0.05) is 25.0 Å². The number of nitrogens with zero attached hydrogens (tertiary/aromatic N) is 1. The molecule has 0 fully saturated rings. The number of hydrogen-bond donors (Lipinski definition) is 0. The van der Waals surface area contributed by atoms with Gasteiger partial charge in [0.1, 0.15) is 0 Å². The Kier molecular flexibility index (Phi) is 4.81. The highest BCUT2D eigenvalue weighted by Crippen LogP contribution is 2.34. The summed E-state index contributed by atoms with van der Waals surface area (Å²) in [7, 11) is 0. The first-order valence-corrected chi connectivity index (χ1v) is 7.63. The number of unbranched alkanes of at least 4 members (excludes halogenated alkanes) is 3. The van der Waals surface area contributed by atoms with Crippen LogP contribution in [0, 0.1) is 13.8 Å². The van der Waals surface area contributed by atoms with Crippen LogP contribution in [0.5, 0.6) is 0 Å². The summed E-state index contributed by atoms with van der Waals surface area (Å²) in [6, 6.07) is 3.88. The maximum atomic E-state index is 12.1. The van der Waals surface area contributed by atoms with Crippen molar-refractivity contribution in [1.29, 1.82) is 0 Å². The van der Waals surface area contributed by atoms with E-state index in [9.17, 15) is 9.59 Å². The molecule has 3 nitrogen and oxygen atoms in total. The average Bonchev–Trinajstić information content (AvgIpc) is 2.68. The molecule has 0 N–H and O–H groups in total. The number of alkyl halides is 1. The molecule has 20 heavy (non-hydrogen) atoms. The molecule has 0 saturated heterocycles. The van der Waals surface area contributed by atoms with Crippen molar-refractivity contribution in [1.82, 2.24) is 0 Å². The van der Waals surface area contributed by atoms with E-state index in [4.69, 9.17) is 11.6 Å². The molecule has 0 bridgehead atoms. The number of fused-ring (bicyclic) bond motifs is 1. The van der Waals surface area contributed by atoms with E-state index in [-0.39, 0.29) is 11.7 Å². The molecule has 0 aromatic heterocycles. The lowest BCUT2D eigenvalue weighted by Crippen LogP contribution is -2.31. The predicted octanol–water partition coefficient (Wildman–Crippen LogP) is 3.63. The third kappa shape index (κ3) is 2.73. The summed E-state index contributed by atoms with van der Waals surface area (Å²) in [6.45, 7) is 4.45. The van der Waals surface area contributed by atoms with Gasteiger partial charge < -0.3 is 4.90 Å². The van der Waals surface area contributed by atoms with Crippen molar-refractivity contribution in [2.24, 2.45) is 0 Å². The Bertz CT molecular complexity index is 540. The monoisotopic (exact) mass is 293 g/mol. The van der Waals surface area contributed by atoms with Crippen molar-refractivity contribution < 1.29 is 9.59 Å². The van der Waals surface area contributed by atoms with E-state index in [0.29, 0.717) is 18.0 Å². The fourth-order valence-corrected chi connectivity index (χ4v) is 2.88. The smallest absolute Gasteiger partial charge is 0.299 e. The molecule has 1 heterocycles. The number of aryl methyl sites for hydroxylation is 2. The van der Waals surface area contributed by atoms with E-state index in [1.54, 1.807) is 4.90 Å². The molecule has 108 valence electrons. The van der Waals surface area contributed by atoms with Crippen LogP contribution in [-0.2, 0) is 4.79 Å². The lowest BCUT2D eigenvalue weighted by atomic mass is 10.0. The van der Waals surface area contributed by atoms with Gasteiger partial charge in [-0.3, -0.25) is 9.59 Å². The number of hydrogen-bond acceptors (Lipinski definition) is 2. The van der Waals surface area contributed by atoms with Gasteiger partial charge in [0.05, 0.1) is 11.3 Å². The van der Waals surface area contributed by atoms with E-state index in [0.717, 1.165) is 42.5 Å². The van der Waals surface area contributed by atoms with Crippen LogP contribution < -0.4 is 4.90 Å². The zero-order valence-electron chi connectivity index (χ0n) is 12.0. The van der Waals surface area contributed by atoms with Gasteiger partial charge in [-0.05, 0) is 37.8 Å². The molecule has 1 aromatic carbocycles. The third-order valence-electron chi connectivity index (χ3n) is 3.79. The second kappa shape index (κ2) is 6.40. The first-order valence-electron chi connectivity index (χ1n) is 7.10. The number of Topliss-reactive ketones (excluding diaryl/α,β-unsaturated/α-hetero) is 1. The highest BCUT2D eigenvalue weighted by Gasteiger charge is 2.37. The zero-order chi connectivity index (χ0) is 14.7. The number of carbonyl (C=O) groups excluding carboxylic acids is 2. The molecule has 0 aliphatic carbocycles. The lowest BCUT2D eigenvalue weighted by molar-refractivity contribution is -0.114. The molecular formula is C16H20ClNO2. The molecule has 0 atom stereocenters. The molecule has 2 rings (SSSR count). The maximum absolute atomic E-state index is 12.1. The van der Waals surface area contributed by atoms with Gasteiger partial charge in [0, 0.05) is 12.4 Å². The number of amides is 1. The van der Waals surface area contributed by atoms with Crippen molar-refractivity contribution in [3.63, 3.8) is 0 Å². The summed E-state index contributed by atoms with van der Waals surface area (Å²) in [6.07, 6.45) is 4.01. The number of anilines is 1. The quantitative estimate of drug-likeness (QED) is 0.456. The minimum Gasteiger partial charge on any atom is -0.304 e. The topological polar surface area (TPSA) is 37.4 Å². The van der Waals surface area contributed by atoms with E-state index in [1.165, 1.54) is 0 Å². The fourth-order valence-electron chi connectivity index (χ4n) is 2.69. The van der Waals surface area contributed by atoms with Crippen LogP contribution in [0.15, 0.2) is 12.1 Å². The number of halogens is 1. The largest absolute Gasteiger partial charge is 0.304 e. The van der Waals surface area contributed by atoms with Gasteiger partial charge in [-0.15, -0.1) is 11.6 Å². The lowest BCUT2D eigenvalue weighted by Gasteiger charge is -2.18. The van der Waals surface area contributed by atoms with Crippen LogP contribution in [0.2, 0.25) is 0 Å². The maximum Gasteiger partial charge on any atom is 0.299 e. The molecular weight excluding hydrogens is 274 g/mol. The van der Waals surface area contributed by atoms with Crippen molar-refractivity contribution >= 4 is 29.0 Å². The summed E-state index contributed by atoms with van der Waals surface area (Å²) in [4.78, 5) is 25.9. The highest BCUT2D eigenvalue weighted by atomic mass is 35.5. The molecule has 1 aromatic rings. The molecule has 1 aliphatic rings. The Labute approximate surface area is 124 Å². The number of ketones is 1. The van der Waals surface area contributed by atoms with E-state index < -0.39 is 0 Å². The van der Waals surface area contributed by atoms with Gasteiger partial charge in [0.15, 0.2) is 0 Å². The summed E-state index contributed by atoms with van der Waals surface area (Å²) in [5.41, 5.74) is 3.28. The Balaban J connectivity index is 2.14. The Morgan fingerprint density at radius 3 is 2.35 bits per heavy atom. The first kappa shape index (κ1) is 15.0. The number of carbonyl (C=O) groups is 2. The van der Waals surface area contributed by atoms with Crippen LogP contribution >= 0.6 is 11.6 Å². The molecule has 0 saturated carbocycles. The molecule has 0 unspecified atom stereocenters. The Hall–Kier alpha value is -1.35. The van der Waals surface area contributed by atoms with Gasteiger partial charge in [0.2, 0.25) is 0 Å². The fraction of sp³-hybridized carbons (Fsp3) is 0.500. The summed E-state index contributed by atoms with van der Waals surface area (Å²) < 4.78 is 0. The predicted molar refractivity (Wildman–Crippen MR) is 81.8 cm³/mol. The Morgan fingerprint density at radius 1 is 1.00 bits per heavy atom. The van der Waals surface area contributed by atoms with Crippen molar-refractivity contribution in [2.75, 3.05) is 17.3 Å². The third-order valence-corrected chi connectivity index (χ3v) is 4.06. The van der Waals surface area contributed by atoms with Crippen molar-refractivity contribution in [3.8, 4) is 0 Å². The molecule has 1 aliphatic heterocycles. The van der Waals surface area contributed by atoms with Crippen LogP contribution in [-0.4, -0.2) is 24.1 Å². The van der Waals surface area contributed by atoms with Gasteiger partial charge >= 0.3 is 0 Å². The zero-order valence-corrected chi connectivity index (χ0v) is 12.8. The summed E-state index contributed by atoms with van der Waals surface area (Å²) >= 11 is 5.65. The van der Waals surface area contributed by atoms with Gasteiger partial charge in [-0.2, -0.15) is 0 Å². The van der Waals surface area contributed by atoms with Crippen molar-refractivity contribution in [3.05, 3.63) is 28.8 Å². The van der Waals surface area contributed by atoms with E-state index in [2.05, 4.69) is 0 Å². The van der Waals surface area contributed by atoms with Crippen molar-refractivity contribution in [2.45, 2.75) is 39.5 Å². The summed E-state index contributed by atoms with van der Waals surface area (Å²) in [5, 5.41) is 0. The normalized spacial score (nSPS) is 14.1. The van der Waals surface area contributed by atoms with Crippen LogP contribution in [0.3, 0.4) is 0 Å². The minimum absolute atomic E-state index is 0.359. The Morgan fingerprint density at radius 2 is 1.65 bits per heavy atom. The first-order chi connectivity index (χ1) is 9.57. The van der Waals surface area contributed by atoms with E-state index >= 15 is 0 Å². The minimum atomic E-state index is -0.380. The van der Waals surface area contributed by atoms with Crippen LogP contribution in [0.25, 0.3) is 0 Å². The summed E-state index contributed by atoms with van der Waals surface area (Å²) in [5.74, 6) is -0.0564.